The Morgan fingerprint density at radius 3 is 2.94 bits per heavy atom. The number of rotatable bonds is 2. The monoisotopic (exact) mass is 240 g/mol. The minimum Gasteiger partial charge on any atom is -0.497 e. The van der Waals surface area contributed by atoms with Crippen LogP contribution in [0.1, 0.15) is 24.6 Å². The molecule has 1 saturated carbocycles. The van der Waals surface area contributed by atoms with E-state index >= 15 is 0 Å². The van der Waals surface area contributed by atoms with Crippen LogP contribution < -0.4 is 4.74 Å². The molecule has 3 nitrogen and oxygen atoms in total. The molecule has 1 N–H and O–H groups in total. The van der Waals surface area contributed by atoms with Crippen LogP contribution in [0.3, 0.4) is 0 Å². The second-order valence-electron chi connectivity index (χ2n) is 5.39. The molecule has 3 atom stereocenters. The van der Waals surface area contributed by atoms with Gasteiger partial charge < -0.3 is 9.72 Å². The molecule has 0 aliphatic heterocycles. The lowest BCUT2D eigenvalue weighted by atomic mass is 9.93. The van der Waals surface area contributed by atoms with E-state index in [-0.39, 0.29) is 0 Å². The topological polar surface area (TPSA) is 37.9 Å². The third kappa shape index (κ3) is 1.40. The number of imidazole rings is 1. The molecule has 1 aromatic carbocycles. The fraction of sp³-hybridized carbons (Fsp3) is 0.400. The van der Waals surface area contributed by atoms with Crippen LogP contribution in [0.2, 0.25) is 0 Å². The number of nitrogens with zero attached hydrogens (tertiary/aromatic N) is 1. The van der Waals surface area contributed by atoms with Gasteiger partial charge in [0.2, 0.25) is 0 Å². The van der Waals surface area contributed by atoms with E-state index in [0.29, 0.717) is 11.8 Å². The summed E-state index contributed by atoms with van der Waals surface area (Å²) in [6.07, 6.45) is 7.29. The molecule has 0 radical (unpaired) electrons. The molecule has 0 saturated heterocycles. The molecule has 0 spiro atoms. The Kier molecular flexibility index (Phi) is 2.04. The summed E-state index contributed by atoms with van der Waals surface area (Å²) >= 11 is 0. The van der Waals surface area contributed by atoms with Crippen LogP contribution in [0.15, 0.2) is 30.4 Å². The zero-order chi connectivity index (χ0) is 12.1. The van der Waals surface area contributed by atoms with E-state index in [1.807, 2.05) is 18.2 Å². The quantitative estimate of drug-likeness (QED) is 0.818. The zero-order valence-electron chi connectivity index (χ0n) is 10.4. The van der Waals surface area contributed by atoms with Crippen molar-refractivity contribution < 1.29 is 4.74 Å². The van der Waals surface area contributed by atoms with E-state index in [4.69, 9.17) is 9.72 Å². The van der Waals surface area contributed by atoms with Crippen molar-refractivity contribution in [2.75, 3.05) is 7.11 Å². The predicted octanol–water partition coefficient (Wildman–Crippen LogP) is 3.25. The number of benzene rings is 1. The maximum Gasteiger partial charge on any atom is 0.121 e. The summed E-state index contributed by atoms with van der Waals surface area (Å²) in [7, 11) is 1.69. The molecule has 2 aromatic rings. The van der Waals surface area contributed by atoms with Crippen molar-refractivity contribution in [1.82, 2.24) is 9.97 Å². The van der Waals surface area contributed by atoms with Crippen molar-refractivity contribution in [1.29, 1.82) is 0 Å². The first-order chi connectivity index (χ1) is 8.83. The van der Waals surface area contributed by atoms with Crippen molar-refractivity contribution in [3.63, 3.8) is 0 Å². The van der Waals surface area contributed by atoms with Gasteiger partial charge in [-0.3, -0.25) is 0 Å². The number of hydrogen-bond donors (Lipinski definition) is 1. The van der Waals surface area contributed by atoms with Crippen LogP contribution >= 0.6 is 0 Å². The van der Waals surface area contributed by atoms with Crippen LogP contribution in [0, 0.1) is 11.8 Å². The molecule has 2 aliphatic rings. The molecule has 2 bridgehead atoms. The van der Waals surface area contributed by atoms with Gasteiger partial charge in [-0.25, -0.2) is 4.98 Å². The van der Waals surface area contributed by atoms with E-state index in [2.05, 4.69) is 17.1 Å². The molecule has 3 heteroatoms. The summed E-state index contributed by atoms with van der Waals surface area (Å²) in [6, 6.07) is 6.01. The van der Waals surface area contributed by atoms with Crippen LogP contribution in [0.5, 0.6) is 5.75 Å². The molecule has 1 fully saturated rings. The number of hydrogen-bond acceptors (Lipinski definition) is 2. The van der Waals surface area contributed by atoms with E-state index in [1.54, 1.807) is 7.11 Å². The lowest BCUT2D eigenvalue weighted by Crippen LogP contribution is -2.06. The van der Waals surface area contributed by atoms with Gasteiger partial charge in [0.05, 0.1) is 18.1 Å². The van der Waals surface area contributed by atoms with Crippen molar-refractivity contribution in [3.05, 3.63) is 36.2 Å². The first-order valence-corrected chi connectivity index (χ1v) is 6.55. The third-order valence-electron chi connectivity index (χ3n) is 4.34. The normalized spacial score (nSPS) is 29.3. The molecule has 18 heavy (non-hydrogen) atoms. The van der Waals surface area contributed by atoms with Gasteiger partial charge >= 0.3 is 0 Å². The standard InChI is InChI=1S/C15H16N2O/c1-18-11-4-5-13-14(8-11)17-15(16-13)12-7-9-2-3-10(12)6-9/h2-5,8-10,12H,6-7H2,1H3,(H,16,17). The smallest absolute Gasteiger partial charge is 0.121 e. The van der Waals surface area contributed by atoms with E-state index < -0.39 is 0 Å². The van der Waals surface area contributed by atoms with Crippen LogP contribution in [-0.4, -0.2) is 17.1 Å². The summed E-state index contributed by atoms with van der Waals surface area (Å²) in [5.74, 6) is 4.08. The molecular formula is C15H16N2O. The number of ether oxygens (including phenoxy) is 1. The van der Waals surface area contributed by atoms with Crippen molar-refractivity contribution >= 4 is 11.0 Å². The second-order valence-corrected chi connectivity index (χ2v) is 5.39. The highest BCUT2D eigenvalue weighted by Gasteiger charge is 2.38. The molecule has 92 valence electrons. The van der Waals surface area contributed by atoms with Gasteiger partial charge in [0, 0.05) is 12.0 Å². The molecule has 1 aromatic heterocycles. The maximum atomic E-state index is 5.25. The highest BCUT2D eigenvalue weighted by atomic mass is 16.5. The number of aromatic amines is 1. The number of nitrogens with one attached hydrogen (secondary N) is 1. The minimum absolute atomic E-state index is 0.582. The average Bonchev–Trinajstić information content (AvgIpc) is 3.11. The molecular weight excluding hydrogens is 224 g/mol. The first-order valence-electron chi connectivity index (χ1n) is 6.55. The zero-order valence-corrected chi connectivity index (χ0v) is 10.4. The summed E-state index contributed by atoms with van der Waals surface area (Å²) in [5.41, 5.74) is 2.12. The van der Waals surface area contributed by atoms with Gasteiger partial charge in [-0.15, -0.1) is 0 Å². The lowest BCUT2D eigenvalue weighted by molar-refractivity contribution is 0.415. The number of aromatic nitrogens is 2. The Morgan fingerprint density at radius 1 is 1.28 bits per heavy atom. The van der Waals surface area contributed by atoms with Crippen molar-refractivity contribution in [2.45, 2.75) is 18.8 Å². The molecule has 2 aliphatic carbocycles. The number of H-pyrrole nitrogens is 1. The Morgan fingerprint density at radius 2 is 2.22 bits per heavy atom. The Hall–Kier alpha value is -1.77. The van der Waals surface area contributed by atoms with E-state index in [0.717, 1.165) is 28.5 Å². The van der Waals surface area contributed by atoms with Crippen LogP contribution in [-0.2, 0) is 0 Å². The van der Waals surface area contributed by atoms with Crippen LogP contribution in [0.4, 0.5) is 0 Å². The number of allylic oxidation sites excluding steroid dienone is 2. The van der Waals surface area contributed by atoms with Crippen molar-refractivity contribution in [3.8, 4) is 5.75 Å². The summed E-state index contributed by atoms with van der Waals surface area (Å²) in [6.45, 7) is 0. The SMILES string of the molecule is COc1ccc2nc(C3CC4C=CC3C4)[nH]c2c1. The Balaban J connectivity index is 1.75. The maximum absolute atomic E-state index is 5.25. The molecule has 3 unspecified atom stereocenters. The fourth-order valence-corrected chi connectivity index (χ4v) is 3.41. The second kappa shape index (κ2) is 3.61. The molecule has 1 heterocycles. The molecule has 0 amide bonds. The Bertz CT molecular complexity index is 628. The highest BCUT2D eigenvalue weighted by Crippen LogP contribution is 2.48. The first kappa shape index (κ1) is 10.2. The van der Waals surface area contributed by atoms with Crippen LogP contribution in [0.25, 0.3) is 11.0 Å². The van der Waals surface area contributed by atoms with Gasteiger partial charge in [0.15, 0.2) is 0 Å². The fourth-order valence-electron chi connectivity index (χ4n) is 3.41. The van der Waals surface area contributed by atoms with Crippen molar-refractivity contribution in [2.24, 2.45) is 11.8 Å². The van der Waals surface area contributed by atoms with Gasteiger partial charge in [-0.05, 0) is 36.8 Å². The number of fused-ring (bicyclic) bond motifs is 3. The highest BCUT2D eigenvalue weighted by molar-refractivity contribution is 5.77. The lowest BCUT2D eigenvalue weighted by Gasteiger charge is -2.14. The predicted molar refractivity (Wildman–Crippen MR) is 70.7 cm³/mol. The van der Waals surface area contributed by atoms with E-state index in [1.165, 1.54) is 12.8 Å². The molecule has 4 rings (SSSR count). The summed E-state index contributed by atoms with van der Waals surface area (Å²) < 4.78 is 5.25. The largest absolute Gasteiger partial charge is 0.497 e. The average molecular weight is 240 g/mol. The van der Waals surface area contributed by atoms with Gasteiger partial charge in [0.1, 0.15) is 11.6 Å². The number of methoxy groups -OCH3 is 1. The summed E-state index contributed by atoms with van der Waals surface area (Å²) in [4.78, 5) is 8.22. The third-order valence-corrected chi connectivity index (χ3v) is 4.34. The Labute approximate surface area is 106 Å². The van der Waals surface area contributed by atoms with Gasteiger partial charge in [-0.1, -0.05) is 12.2 Å². The van der Waals surface area contributed by atoms with E-state index in [9.17, 15) is 0 Å². The minimum atomic E-state index is 0.582. The van der Waals surface area contributed by atoms with Gasteiger partial charge in [-0.2, -0.15) is 0 Å². The van der Waals surface area contributed by atoms with Gasteiger partial charge in [0.25, 0.3) is 0 Å². The summed E-state index contributed by atoms with van der Waals surface area (Å²) in [5, 5.41) is 0.